The van der Waals surface area contributed by atoms with Crippen molar-refractivity contribution in [2.45, 2.75) is 27.2 Å². The van der Waals surface area contributed by atoms with Crippen molar-refractivity contribution >= 4 is 29.1 Å². The molecule has 0 fully saturated rings. The highest BCUT2D eigenvalue weighted by Crippen LogP contribution is 2.20. The molecule has 0 heterocycles. The Hall–Kier alpha value is -2.33. The van der Waals surface area contributed by atoms with Gasteiger partial charge in [-0.05, 0) is 61.2 Å². The summed E-state index contributed by atoms with van der Waals surface area (Å²) in [5.41, 5.74) is 2.49. The topological polar surface area (TPSA) is 58.2 Å². The van der Waals surface area contributed by atoms with E-state index in [1.807, 2.05) is 6.92 Å². The maximum atomic E-state index is 12.5. The van der Waals surface area contributed by atoms with Gasteiger partial charge in [0.25, 0.3) is 11.8 Å². The summed E-state index contributed by atoms with van der Waals surface area (Å²) < 4.78 is 0. The molecule has 2 N–H and O–H groups in total. The van der Waals surface area contributed by atoms with Gasteiger partial charge >= 0.3 is 0 Å². The summed E-state index contributed by atoms with van der Waals surface area (Å²) in [7, 11) is 0. The lowest BCUT2D eigenvalue weighted by Crippen LogP contribution is -2.25. The van der Waals surface area contributed by atoms with Crippen LogP contribution in [0.2, 0.25) is 5.02 Å². The first-order valence-corrected chi connectivity index (χ1v) is 8.70. The van der Waals surface area contributed by atoms with Crippen LogP contribution in [-0.4, -0.2) is 18.4 Å². The molecule has 0 aromatic heterocycles. The van der Waals surface area contributed by atoms with E-state index in [0.717, 1.165) is 12.0 Å². The summed E-state index contributed by atoms with van der Waals surface area (Å²) in [4.78, 5) is 24.6. The average molecular weight is 359 g/mol. The molecule has 5 heteroatoms. The molecule has 0 saturated carbocycles. The van der Waals surface area contributed by atoms with E-state index in [1.54, 1.807) is 42.5 Å². The van der Waals surface area contributed by atoms with Gasteiger partial charge in [-0.15, -0.1) is 0 Å². The SMILES string of the molecule is Cc1cc(Cl)ccc1NC(=O)c1cccc(C(=O)NCCC(C)C)c1. The smallest absolute Gasteiger partial charge is 0.255 e. The summed E-state index contributed by atoms with van der Waals surface area (Å²) in [5.74, 6) is 0.0975. The van der Waals surface area contributed by atoms with Crippen molar-refractivity contribution < 1.29 is 9.59 Å². The Bertz CT molecular complexity index is 772. The number of nitrogens with one attached hydrogen (secondary N) is 2. The minimum atomic E-state index is -0.262. The summed E-state index contributed by atoms with van der Waals surface area (Å²) in [6.07, 6.45) is 0.918. The monoisotopic (exact) mass is 358 g/mol. The van der Waals surface area contributed by atoms with Gasteiger partial charge in [0.2, 0.25) is 0 Å². The van der Waals surface area contributed by atoms with Gasteiger partial charge < -0.3 is 10.6 Å². The van der Waals surface area contributed by atoms with Crippen LogP contribution in [0.1, 0.15) is 46.5 Å². The fraction of sp³-hybridized carbons (Fsp3) is 0.300. The van der Waals surface area contributed by atoms with Crippen molar-refractivity contribution in [3.05, 3.63) is 64.2 Å². The molecule has 0 atom stereocenters. The quantitative estimate of drug-likeness (QED) is 0.787. The number of hydrogen-bond acceptors (Lipinski definition) is 2. The number of rotatable bonds is 6. The maximum absolute atomic E-state index is 12.5. The number of carbonyl (C=O) groups is 2. The largest absolute Gasteiger partial charge is 0.352 e. The second-order valence-corrected chi connectivity index (χ2v) is 6.87. The number of halogens is 1. The molecule has 0 unspecified atom stereocenters. The van der Waals surface area contributed by atoms with Gasteiger partial charge in [-0.1, -0.05) is 31.5 Å². The normalized spacial score (nSPS) is 10.6. The van der Waals surface area contributed by atoms with E-state index in [-0.39, 0.29) is 11.8 Å². The van der Waals surface area contributed by atoms with E-state index < -0.39 is 0 Å². The zero-order valence-electron chi connectivity index (χ0n) is 14.7. The predicted molar refractivity (Wildman–Crippen MR) is 102 cm³/mol. The molecule has 0 aliphatic carbocycles. The number of hydrogen-bond donors (Lipinski definition) is 2. The Kier molecular flexibility index (Phi) is 6.59. The van der Waals surface area contributed by atoms with Crippen LogP contribution in [0, 0.1) is 12.8 Å². The van der Waals surface area contributed by atoms with Crippen LogP contribution >= 0.6 is 11.6 Å². The summed E-state index contributed by atoms with van der Waals surface area (Å²) >= 11 is 5.93. The van der Waals surface area contributed by atoms with Crippen molar-refractivity contribution in [2.24, 2.45) is 5.92 Å². The molecule has 4 nitrogen and oxygen atoms in total. The highest BCUT2D eigenvalue weighted by atomic mass is 35.5. The molecule has 0 saturated heterocycles. The van der Waals surface area contributed by atoms with Gasteiger partial charge in [0.15, 0.2) is 0 Å². The predicted octanol–water partition coefficient (Wildman–Crippen LogP) is 4.68. The first kappa shape index (κ1) is 19.0. The number of amides is 2. The first-order chi connectivity index (χ1) is 11.9. The average Bonchev–Trinajstić information content (AvgIpc) is 2.57. The fourth-order valence-corrected chi connectivity index (χ4v) is 2.57. The zero-order chi connectivity index (χ0) is 18.4. The fourth-order valence-electron chi connectivity index (χ4n) is 2.34. The number of anilines is 1. The highest BCUT2D eigenvalue weighted by Gasteiger charge is 2.12. The van der Waals surface area contributed by atoms with Crippen LogP contribution in [0.4, 0.5) is 5.69 Å². The van der Waals surface area contributed by atoms with E-state index in [2.05, 4.69) is 24.5 Å². The van der Waals surface area contributed by atoms with Crippen LogP contribution in [0.3, 0.4) is 0 Å². The van der Waals surface area contributed by atoms with Crippen LogP contribution in [0.5, 0.6) is 0 Å². The van der Waals surface area contributed by atoms with Crippen LogP contribution in [-0.2, 0) is 0 Å². The van der Waals surface area contributed by atoms with Crippen LogP contribution < -0.4 is 10.6 Å². The van der Waals surface area contributed by atoms with Crippen molar-refractivity contribution in [3.8, 4) is 0 Å². The van der Waals surface area contributed by atoms with Crippen molar-refractivity contribution in [3.63, 3.8) is 0 Å². The molecule has 2 aromatic rings. The van der Waals surface area contributed by atoms with Crippen molar-refractivity contribution in [2.75, 3.05) is 11.9 Å². The molecule has 0 aliphatic heterocycles. The standard InChI is InChI=1S/C20H23ClN2O2/c1-13(2)9-10-22-19(24)15-5-4-6-16(12-15)20(25)23-18-8-7-17(21)11-14(18)3/h4-8,11-13H,9-10H2,1-3H3,(H,22,24)(H,23,25). The Balaban J connectivity index is 2.06. The third-order valence-corrected chi connectivity index (χ3v) is 4.07. The molecule has 0 aliphatic rings. The Morgan fingerprint density at radius 3 is 2.36 bits per heavy atom. The second-order valence-electron chi connectivity index (χ2n) is 6.43. The van der Waals surface area contributed by atoms with E-state index >= 15 is 0 Å². The van der Waals surface area contributed by atoms with Crippen molar-refractivity contribution in [1.82, 2.24) is 5.32 Å². The molecule has 132 valence electrons. The number of aryl methyl sites for hydroxylation is 1. The maximum Gasteiger partial charge on any atom is 0.255 e. The van der Waals surface area contributed by atoms with E-state index in [0.29, 0.717) is 34.3 Å². The molecule has 2 rings (SSSR count). The van der Waals surface area contributed by atoms with Crippen LogP contribution in [0.25, 0.3) is 0 Å². The third kappa shape index (κ3) is 5.61. The minimum Gasteiger partial charge on any atom is -0.352 e. The Labute approximate surface area is 153 Å². The lowest BCUT2D eigenvalue weighted by molar-refractivity contribution is 0.0952. The minimum absolute atomic E-state index is 0.169. The summed E-state index contributed by atoms with van der Waals surface area (Å²) in [5, 5.41) is 6.35. The number of carbonyl (C=O) groups excluding carboxylic acids is 2. The number of benzene rings is 2. The van der Waals surface area contributed by atoms with Gasteiger partial charge in [0.05, 0.1) is 0 Å². The lowest BCUT2D eigenvalue weighted by atomic mass is 10.1. The van der Waals surface area contributed by atoms with E-state index in [1.165, 1.54) is 0 Å². The van der Waals surface area contributed by atoms with Crippen LogP contribution in [0.15, 0.2) is 42.5 Å². The van der Waals surface area contributed by atoms with Gasteiger partial charge in [-0.2, -0.15) is 0 Å². The van der Waals surface area contributed by atoms with Gasteiger partial charge in [0, 0.05) is 28.4 Å². The third-order valence-electron chi connectivity index (χ3n) is 3.83. The zero-order valence-corrected chi connectivity index (χ0v) is 15.5. The molecule has 2 amide bonds. The van der Waals surface area contributed by atoms with E-state index in [4.69, 9.17) is 11.6 Å². The van der Waals surface area contributed by atoms with E-state index in [9.17, 15) is 9.59 Å². The molecular weight excluding hydrogens is 336 g/mol. The van der Waals surface area contributed by atoms with Gasteiger partial charge in [-0.25, -0.2) is 0 Å². The molecule has 25 heavy (non-hydrogen) atoms. The molecule has 0 spiro atoms. The Morgan fingerprint density at radius 1 is 1.04 bits per heavy atom. The molecular formula is C20H23ClN2O2. The van der Waals surface area contributed by atoms with Gasteiger partial charge in [-0.3, -0.25) is 9.59 Å². The summed E-state index contributed by atoms with van der Waals surface area (Å²) in [6, 6.07) is 12.0. The highest BCUT2D eigenvalue weighted by molar-refractivity contribution is 6.30. The van der Waals surface area contributed by atoms with Crippen molar-refractivity contribution in [1.29, 1.82) is 0 Å². The van der Waals surface area contributed by atoms with Gasteiger partial charge in [0.1, 0.15) is 0 Å². The Morgan fingerprint density at radius 2 is 1.72 bits per heavy atom. The molecule has 0 radical (unpaired) electrons. The molecule has 2 aromatic carbocycles. The lowest BCUT2D eigenvalue weighted by Gasteiger charge is -2.10. The first-order valence-electron chi connectivity index (χ1n) is 8.32. The second kappa shape index (κ2) is 8.67. The molecule has 0 bridgehead atoms. The summed E-state index contributed by atoms with van der Waals surface area (Å²) in [6.45, 7) is 6.71.